The number of ether oxygens (including phenoxy) is 1. The van der Waals surface area contributed by atoms with Gasteiger partial charge in [0.2, 0.25) is 0 Å². The molecule has 0 saturated carbocycles. The van der Waals surface area contributed by atoms with Gasteiger partial charge in [0.05, 0.1) is 12.2 Å². The van der Waals surface area contributed by atoms with E-state index in [1.165, 1.54) is 5.56 Å². The van der Waals surface area contributed by atoms with Crippen LogP contribution in [-0.4, -0.2) is 35.4 Å². The molecule has 0 aliphatic carbocycles. The lowest BCUT2D eigenvalue weighted by Gasteiger charge is -2.14. The minimum Gasteiger partial charge on any atom is -0.490 e. The van der Waals surface area contributed by atoms with Crippen LogP contribution in [0.4, 0.5) is 0 Å². The number of carboxylic acid groups (broad SMARTS) is 1. The second-order valence-corrected chi connectivity index (χ2v) is 7.76. The third-order valence-corrected chi connectivity index (χ3v) is 4.97. The number of hydrogen-bond donors (Lipinski definition) is 3. The van der Waals surface area contributed by atoms with E-state index in [9.17, 15) is 15.0 Å². The summed E-state index contributed by atoms with van der Waals surface area (Å²) < 4.78 is 5.70. The van der Waals surface area contributed by atoms with E-state index in [4.69, 9.17) is 4.74 Å². The Balaban J connectivity index is 0.00000363. The summed E-state index contributed by atoms with van der Waals surface area (Å²) in [5.41, 5.74) is 4.18. The number of aromatic carboxylic acids is 1. The highest BCUT2D eigenvalue weighted by molar-refractivity contribution is 5.92. The molecule has 32 heavy (non-hydrogen) atoms. The summed E-state index contributed by atoms with van der Waals surface area (Å²) in [6.45, 7) is 5.03. The predicted molar refractivity (Wildman–Crippen MR) is 130 cm³/mol. The molecule has 0 saturated heterocycles. The Morgan fingerprint density at radius 2 is 1.62 bits per heavy atom. The maximum absolute atomic E-state index is 11.4. The molecule has 0 heterocycles. The molecule has 170 valence electrons. The van der Waals surface area contributed by atoms with E-state index in [-0.39, 0.29) is 24.1 Å². The number of carbonyl (C=O) groups is 1. The molecular weight excluding hydrogens is 426 g/mol. The van der Waals surface area contributed by atoms with E-state index in [1.54, 1.807) is 18.2 Å². The maximum atomic E-state index is 11.4. The third kappa shape index (κ3) is 7.09. The molecule has 0 unspecified atom stereocenters. The molecule has 0 spiro atoms. The Hall–Kier alpha value is -2.86. The Kier molecular flexibility index (Phi) is 9.72. The number of hydrogen-bond acceptors (Lipinski definition) is 4. The van der Waals surface area contributed by atoms with Gasteiger partial charge in [0.15, 0.2) is 0 Å². The molecule has 0 aliphatic rings. The summed E-state index contributed by atoms with van der Waals surface area (Å²) >= 11 is 0. The van der Waals surface area contributed by atoms with Gasteiger partial charge in [-0.3, -0.25) is 0 Å². The van der Waals surface area contributed by atoms with Crippen molar-refractivity contribution < 1.29 is 19.7 Å². The minimum atomic E-state index is -0.998. The number of halogens is 1. The fourth-order valence-corrected chi connectivity index (χ4v) is 3.36. The van der Waals surface area contributed by atoms with Crippen molar-refractivity contribution in [2.45, 2.75) is 32.5 Å². The molecule has 3 rings (SSSR count). The minimum absolute atomic E-state index is 0. The zero-order chi connectivity index (χ0) is 22.2. The standard InChI is InChI=1S/C26H29NO4.ClH/c1-18(2)31-25-16-22(12-13-23(25)26(29)30)20-10-8-19(9-11-20)14-15-27-17-24(28)21-6-4-3-5-7-21;/h3-13,16,18,24,27-28H,14-15,17H2,1-2H3,(H,29,30);1H/t24-;/m0./s1. The normalized spacial score (nSPS) is 11.6. The van der Waals surface area contributed by atoms with E-state index < -0.39 is 12.1 Å². The van der Waals surface area contributed by atoms with Gasteiger partial charge in [0.1, 0.15) is 11.3 Å². The number of aliphatic hydroxyl groups excluding tert-OH is 1. The van der Waals surface area contributed by atoms with Gasteiger partial charge in [0.25, 0.3) is 0 Å². The van der Waals surface area contributed by atoms with Crippen LogP contribution in [0.5, 0.6) is 5.75 Å². The fourth-order valence-electron chi connectivity index (χ4n) is 3.36. The summed E-state index contributed by atoms with van der Waals surface area (Å²) in [5, 5.41) is 22.9. The Labute approximate surface area is 195 Å². The zero-order valence-electron chi connectivity index (χ0n) is 18.3. The molecule has 0 bridgehead atoms. The number of aliphatic hydroxyl groups is 1. The van der Waals surface area contributed by atoms with Gasteiger partial charge < -0.3 is 20.3 Å². The zero-order valence-corrected chi connectivity index (χ0v) is 19.1. The SMILES string of the molecule is CC(C)Oc1cc(-c2ccc(CCNC[C@H](O)c3ccccc3)cc2)ccc1C(=O)O.Cl. The van der Waals surface area contributed by atoms with Gasteiger partial charge in [-0.25, -0.2) is 4.79 Å². The van der Waals surface area contributed by atoms with Crippen LogP contribution in [0.3, 0.4) is 0 Å². The van der Waals surface area contributed by atoms with E-state index in [0.29, 0.717) is 12.3 Å². The molecule has 0 fully saturated rings. The smallest absolute Gasteiger partial charge is 0.339 e. The molecule has 0 amide bonds. The summed E-state index contributed by atoms with van der Waals surface area (Å²) in [6, 6.07) is 23.0. The van der Waals surface area contributed by atoms with Gasteiger partial charge in [-0.2, -0.15) is 0 Å². The second-order valence-electron chi connectivity index (χ2n) is 7.76. The van der Waals surface area contributed by atoms with Crippen molar-refractivity contribution in [1.29, 1.82) is 0 Å². The van der Waals surface area contributed by atoms with Gasteiger partial charge in [-0.05, 0) is 61.2 Å². The Bertz CT molecular complexity index is 990. The Morgan fingerprint density at radius 1 is 0.969 bits per heavy atom. The van der Waals surface area contributed by atoms with Crippen LogP contribution < -0.4 is 10.1 Å². The van der Waals surface area contributed by atoms with Crippen LogP contribution in [0, 0.1) is 0 Å². The topological polar surface area (TPSA) is 78.8 Å². The van der Waals surface area contributed by atoms with Crippen molar-refractivity contribution in [1.82, 2.24) is 5.32 Å². The average Bonchev–Trinajstić information content (AvgIpc) is 2.77. The van der Waals surface area contributed by atoms with Crippen molar-refractivity contribution >= 4 is 18.4 Å². The molecule has 3 aromatic rings. The quantitative estimate of drug-likeness (QED) is 0.369. The summed E-state index contributed by atoms with van der Waals surface area (Å²) in [5.74, 6) is -0.618. The van der Waals surface area contributed by atoms with E-state index in [2.05, 4.69) is 17.4 Å². The molecule has 1 atom stereocenters. The predicted octanol–water partition coefficient (Wildman–Crippen LogP) is 5.13. The van der Waals surface area contributed by atoms with E-state index in [0.717, 1.165) is 29.7 Å². The van der Waals surface area contributed by atoms with E-state index in [1.807, 2.05) is 56.3 Å². The molecule has 3 N–H and O–H groups in total. The molecule has 6 heteroatoms. The average molecular weight is 456 g/mol. The van der Waals surface area contributed by atoms with Crippen LogP contribution in [-0.2, 0) is 6.42 Å². The molecule has 3 aromatic carbocycles. The Morgan fingerprint density at radius 3 is 2.25 bits per heavy atom. The fraction of sp³-hybridized carbons (Fsp3) is 0.269. The summed E-state index contributed by atoms with van der Waals surface area (Å²) in [4.78, 5) is 11.4. The monoisotopic (exact) mass is 455 g/mol. The van der Waals surface area contributed by atoms with Crippen LogP contribution in [0.25, 0.3) is 11.1 Å². The lowest BCUT2D eigenvalue weighted by Crippen LogP contribution is -2.23. The molecule has 0 aliphatic heterocycles. The lowest BCUT2D eigenvalue weighted by molar-refractivity contribution is 0.0690. The van der Waals surface area contributed by atoms with Crippen molar-refractivity contribution in [2.24, 2.45) is 0 Å². The van der Waals surface area contributed by atoms with Gasteiger partial charge in [-0.15, -0.1) is 12.4 Å². The molecular formula is C26H30ClNO4. The number of nitrogens with one attached hydrogen (secondary N) is 1. The first-order valence-electron chi connectivity index (χ1n) is 10.5. The molecule has 5 nitrogen and oxygen atoms in total. The van der Waals surface area contributed by atoms with Crippen LogP contribution >= 0.6 is 12.4 Å². The summed E-state index contributed by atoms with van der Waals surface area (Å²) in [7, 11) is 0. The summed E-state index contributed by atoms with van der Waals surface area (Å²) in [6.07, 6.45) is 0.227. The first-order chi connectivity index (χ1) is 14.9. The van der Waals surface area contributed by atoms with Crippen molar-refractivity contribution in [2.75, 3.05) is 13.1 Å². The first kappa shape index (κ1) is 25.4. The van der Waals surface area contributed by atoms with Crippen molar-refractivity contribution in [3.05, 3.63) is 89.5 Å². The first-order valence-corrected chi connectivity index (χ1v) is 10.5. The molecule has 0 aromatic heterocycles. The lowest BCUT2D eigenvalue weighted by atomic mass is 10.0. The van der Waals surface area contributed by atoms with E-state index >= 15 is 0 Å². The van der Waals surface area contributed by atoms with Crippen molar-refractivity contribution in [3.8, 4) is 16.9 Å². The number of benzene rings is 3. The second kappa shape index (κ2) is 12.2. The number of rotatable bonds is 10. The van der Waals surface area contributed by atoms with Gasteiger partial charge in [0, 0.05) is 6.54 Å². The highest BCUT2D eigenvalue weighted by atomic mass is 35.5. The van der Waals surface area contributed by atoms with Gasteiger partial charge >= 0.3 is 5.97 Å². The largest absolute Gasteiger partial charge is 0.490 e. The highest BCUT2D eigenvalue weighted by Gasteiger charge is 2.14. The number of carboxylic acids is 1. The van der Waals surface area contributed by atoms with Gasteiger partial charge in [-0.1, -0.05) is 60.7 Å². The van der Waals surface area contributed by atoms with Crippen LogP contribution in [0.15, 0.2) is 72.8 Å². The molecule has 0 radical (unpaired) electrons. The third-order valence-electron chi connectivity index (χ3n) is 4.97. The highest BCUT2D eigenvalue weighted by Crippen LogP contribution is 2.28. The van der Waals surface area contributed by atoms with Crippen molar-refractivity contribution in [3.63, 3.8) is 0 Å². The van der Waals surface area contributed by atoms with Crippen LogP contribution in [0.2, 0.25) is 0 Å². The maximum Gasteiger partial charge on any atom is 0.339 e. The van der Waals surface area contributed by atoms with Crippen LogP contribution in [0.1, 0.15) is 41.4 Å².